The Balaban J connectivity index is 0.000000819. The minimum atomic E-state index is -4.67. The zero-order chi connectivity index (χ0) is 43.5. The van der Waals surface area contributed by atoms with E-state index in [0.717, 1.165) is 6.26 Å². The summed E-state index contributed by atoms with van der Waals surface area (Å²) in [4.78, 5) is 3.75. The Kier molecular flexibility index (Phi) is 21.0. The Morgan fingerprint density at radius 3 is 1.93 bits per heavy atom. The monoisotopic (exact) mass is 901 g/mol. The summed E-state index contributed by atoms with van der Waals surface area (Å²) in [6, 6.07) is -3.94. The molecule has 2 heterocycles. The number of nitrogens with one attached hydrogen (secondary N) is 3. The molecule has 0 spiro atoms. The summed E-state index contributed by atoms with van der Waals surface area (Å²) >= 11 is 10.3. The molecule has 2 saturated heterocycles. The fourth-order valence-corrected chi connectivity index (χ4v) is 6.25. The van der Waals surface area contributed by atoms with Gasteiger partial charge in [-0.3, -0.25) is 23.6 Å². The summed E-state index contributed by atoms with van der Waals surface area (Å²) in [6.07, 6.45) is -16.0. The summed E-state index contributed by atoms with van der Waals surface area (Å²) in [7, 11) is -4.35. The molecular formula is C25H50Cl2N7O20PS. The third-order valence-electron chi connectivity index (χ3n) is 8.27. The largest absolute Gasteiger partial charge is 0.529 e. The van der Waals surface area contributed by atoms with Gasteiger partial charge in [0.2, 0.25) is 0 Å². The molecule has 0 aromatic heterocycles. The lowest BCUT2D eigenvalue weighted by Crippen LogP contribution is -2.70. The van der Waals surface area contributed by atoms with Crippen molar-refractivity contribution in [3.8, 4) is 0 Å². The summed E-state index contributed by atoms with van der Waals surface area (Å²) in [5.74, 6) is -1.13. The SMILES string of the molecule is CN[C@@H]1[C@H](O[C@H]2[C@H](O[C@H]3[C@H](O)[C@@H](O)[C@H](N=C(N)N)[C@@H](O)[C@@H]3NC(=N)N)O[C@@H](C)[C@]2(O)CO)O[C@@H](CO)[C@H](O)[C@H]1O.COP(=O)(OC)OC=C(Cl)Cl.O=S(=O)(O)O. The highest BCUT2D eigenvalue weighted by Gasteiger charge is 2.60. The molecule has 1 aliphatic carbocycles. The van der Waals surface area contributed by atoms with Crippen molar-refractivity contribution in [2.45, 2.75) is 98.2 Å². The number of nitrogens with two attached hydrogens (primary N) is 3. The van der Waals surface area contributed by atoms with E-state index in [0.29, 0.717) is 0 Å². The van der Waals surface area contributed by atoms with Gasteiger partial charge in [0.05, 0.1) is 31.4 Å². The average molecular weight is 903 g/mol. The first-order valence-electron chi connectivity index (χ1n) is 15.7. The predicted octanol–water partition coefficient (Wildman–Crippen LogP) is -6.13. The standard InChI is InChI=1S/C21H41N7O12.C4H7Cl2O4P.H2O4S/c1-5-21(36,4-30)16(40-17-9(26-2)13(34)10(31)6(3-29)38-17)18(37-5)39-15-8(28-20(24)25)11(32)7(27-19(22)23)12(33)14(15)35;1-8-11(7,9-2)10-3-4(5)6;1-5(2,3)4/h5-18,26,29-36H,3-4H2,1-2H3,(H4,22,23,27)(H4,24,25,28);3H,1-2H3;(H2,1,2,3,4)/t5-,6-,7+,8-,9-,10-,11+,12-,13-,14+,15+,16-,17-,18-,21+;;/m0../s1. The number of halogens is 2. The first-order chi connectivity index (χ1) is 25.7. The van der Waals surface area contributed by atoms with Gasteiger partial charge < -0.3 is 92.2 Å². The highest BCUT2D eigenvalue weighted by Crippen LogP contribution is 2.48. The van der Waals surface area contributed by atoms with Crippen molar-refractivity contribution in [3.05, 3.63) is 10.8 Å². The van der Waals surface area contributed by atoms with E-state index >= 15 is 0 Å². The highest BCUT2D eigenvalue weighted by atomic mass is 35.5. The maximum atomic E-state index is 11.3. The van der Waals surface area contributed by atoms with Gasteiger partial charge >= 0.3 is 18.2 Å². The van der Waals surface area contributed by atoms with Crippen LogP contribution in [0.2, 0.25) is 0 Å². The molecule has 0 bridgehead atoms. The molecule has 0 amide bonds. The maximum absolute atomic E-state index is 11.3. The molecule has 15 atom stereocenters. The summed E-state index contributed by atoms with van der Waals surface area (Å²) in [6.45, 7) is -0.205. The quantitative estimate of drug-likeness (QED) is 0.0269. The number of rotatable bonds is 13. The van der Waals surface area contributed by atoms with Crippen molar-refractivity contribution < 1.29 is 95.5 Å². The molecule has 3 aliphatic rings. The number of aliphatic hydroxyl groups excluding tert-OH is 7. The van der Waals surface area contributed by atoms with E-state index in [1.165, 1.54) is 28.2 Å². The maximum Gasteiger partial charge on any atom is 0.529 e. The number of guanidine groups is 2. The van der Waals surface area contributed by atoms with Gasteiger partial charge in [0.25, 0.3) is 0 Å². The zero-order valence-electron chi connectivity index (χ0n) is 29.9. The lowest BCUT2D eigenvalue weighted by molar-refractivity contribution is -0.318. The minimum Gasteiger partial charge on any atom is -0.409 e. The first-order valence-corrected chi connectivity index (χ1v) is 19.3. The third-order valence-corrected chi connectivity index (χ3v) is 9.70. The molecule has 31 heteroatoms. The number of hydrogen-bond acceptors (Lipinski definition) is 21. The van der Waals surface area contributed by atoms with Gasteiger partial charge in [-0.1, -0.05) is 23.2 Å². The number of ether oxygens (including phenoxy) is 4. The normalized spacial score (nSPS) is 37.1. The van der Waals surface area contributed by atoms with Crippen LogP contribution in [0.5, 0.6) is 0 Å². The average Bonchev–Trinajstić information content (AvgIpc) is 3.34. The minimum absolute atomic E-state index is 0.167. The van der Waals surface area contributed by atoms with Crippen LogP contribution >= 0.6 is 31.0 Å². The fourth-order valence-electron chi connectivity index (χ4n) is 5.49. The van der Waals surface area contributed by atoms with Gasteiger partial charge in [0.15, 0.2) is 24.5 Å². The molecule has 56 heavy (non-hydrogen) atoms. The van der Waals surface area contributed by atoms with Crippen LogP contribution in [0.1, 0.15) is 6.92 Å². The van der Waals surface area contributed by atoms with Crippen LogP contribution in [0.3, 0.4) is 0 Å². The number of hydrogen-bond donors (Lipinski definition) is 16. The Morgan fingerprint density at radius 1 is 0.946 bits per heavy atom. The van der Waals surface area contributed by atoms with E-state index in [1.807, 2.05) is 0 Å². The number of phosphoric ester groups is 1. The lowest BCUT2D eigenvalue weighted by atomic mass is 9.81. The van der Waals surface area contributed by atoms with Crippen molar-refractivity contribution in [1.29, 1.82) is 5.41 Å². The van der Waals surface area contributed by atoms with E-state index in [-0.39, 0.29) is 4.49 Å². The van der Waals surface area contributed by atoms with Crippen LogP contribution in [-0.2, 0) is 47.5 Å². The molecule has 0 unspecified atom stereocenters. The summed E-state index contributed by atoms with van der Waals surface area (Å²) in [5, 5.41) is 97.0. The molecule has 2 aliphatic heterocycles. The molecule has 3 rings (SSSR count). The van der Waals surface area contributed by atoms with Crippen molar-refractivity contribution in [3.63, 3.8) is 0 Å². The van der Waals surface area contributed by atoms with E-state index in [4.69, 9.17) is 82.3 Å². The van der Waals surface area contributed by atoms with Gasteiger partial charge in [0, 0.05) is 14.2 Å². The molecule has 19 N–H and O–H groups in total. The van der Waals surface area contributed by atoms with E-state index in [9.17, 15) is 45.4 Å². The first kappa shape index (κ1) is 52.2. The summed E-state index contributed by atoms with van der Waals surface area (Å²) < 4.78 is 78.9. The van der Waals surface area contributed by atoms with Crippen molar-refractivity contribution >= 4 is 53.3 Å². The van der Waals surface area contributed by atoms with Crippen LogP contribution in [0, 0.1) is 5.41 Å². The van der Waals surface area contributed by atoms with Crippen LogP contribution in [-0.4, -0.2) is 196 Å². The Hall–Kier alpha value is -1.84. The van der Waals surface area contributed by atoms with Crippen molar-refractivity contribution in [2.75, 3.05) is 34.5 Å². The Bertz CT molecular complexity index is 1460. The fraction of sp³-hybridized carbons (Fsp3) is 0.840. The van der Waals surface area contributed by atoms with Crippen LogP contribution < -0.4 is 27.8 Å². The predicted molar refractivity (Wildman–Crippen MR) is 190 cm³/mol. The number of likely N-dealkylation sites (N-methyl/N-ethyl adjacent to an activating group) is 1. The molecule has 0 radical (unpaired) electrons. The highest BCUT2D eigenvalue weighted by molar-refractivity contribution is 7.79. The van der Waals surface area contributed by atoms with Crippen LogP contribution in [0.15, 0.2) is 15.7 Å². The van der Waals surface area contributed by atoms with Gasteiger partial charge in [-0.05, 0) is 14.0 Å². The van der Waals surface area contributed by atoms with Gasteiger partial charge in [-0.2, -0.15) is 8.42 Å². The number of nitrogens with zero attached hydrogens (tertiary/aromatic N) is 1. The van der Waals surface area contributed by atoms with Crippen molar-refractivity contribution in [2.24, 2.45) is 22.2 Å². The van der Waals surface area contributed by atoms with E-state index < -0.39 is 135 Å². The number of aliphatic hydroxyl groups is 8. The number of aliphatic imine (C=N–C) groups is 1. The Labute approximate surface area is 329 Å². The smallest absolute Gasteiger partial charge is 0.409 e. The van der Waals surface area contributed by atoms with Gasteiger partial charge in [-0.15, -0.1) is 0 Å². The second-order valence-corrected chi connectivity index (χ2v) is 15.6. The van der Waals surface area contributed by atoms with Gasteiger partial charge in [0.1, 0.15) is 71.2 Å². The third kappa shape index (κ3) is 14.5. The second-order valence-electron chi connectivity index (χ2n) is 11.8. The number of phosphoric acid groups is 1. The molecule has 330 valence electrons. The van der Waals surface area contributed by atoms with E-state index in [2.05, 4.69) is 29.2 Å². The van der Waals surface area contributed by atoms with E-state index in [1.54, 1.807) is 0 Å². The summed E-state index contributed by atoms with van der Waals surface area (Å²) in [5.41, 5.74) is 14.1. The Morgan fingerprint density at radius 2 is 1.50 bits per heavy atom. The molecule has 1 saturated carbocycles. The second kappa shape index (κ2) is 22.5. The zero-order valence-corrected chi connectivity index (χ0v) is 33.1. The van der Waals surface area contributed by atoms with Crippen LogP contribution in [0.25, 0.3) is 0 Å². The molecule has 0 aromatic carbocycles. The topological polar surface area (TPSA) is 456 Å². The van der Waals surface area contributed by atoms with Crippen molar-refractivity contribution in [1.82, 2.24) is 10.6 Å². The molecule has 0 aromatic rings. The lowest BCUT2D eigenvalue weighted by Gasteiger charge is -2.46. The molecule has 27 nitrogen and oxygen atoms in total. The van der Waals surface area contributed by atoms with Crippen LogP contribution in [0.4, 0.5) is 0 Å². The molecule has 3 fully saturated rings. The van der Waals surface area contributed by atoms with Gasteiger partial charge in [-0.25, -0.2) is 9.56 Å². The molecular weight excluding hydrogens is 852 g/mol.